The molecule has 2 aliphatic heterocycles. The fraction of sp³-hybridized carbons (Fsp3) is 0.368. The van der Waals surface area contributed by atoms with Crippen LogP contribution in [0.4, 0.5) is 11.4 Å². The molecule has 0 radical (unpaired) electrons. The molecule has 3 aliphatic rings. The highest BCUT2D eigenvalue weighted by Gasteiger charge is 2.69. The first-order valence-corrected chi connectivity index (χ1v) is 7.85. The van der Waals surface area contributed by atoms with Crippen LogP contribution in [0, 0.1) is 5.92 Å². The summed E-state index contributed by atoms with van der Waals surface area (Å²) in [6.07, 6.45) is 1.27. The van der Waals surface area contributed by atoms with E-state index in [1.807, 2.05) is 0 Å². The highest BCUT2D eigenvalue weighted by atomic mass is 15.2. The summed E-state index contributed by atoms with van der Waals surface area (Å²) in [6, 6.07) is 17.8. The molecule has 0 aromatic heterocycles. The molecule has 1 fully saturated rings. The zero-order valence-corrected chi connectivity index (χ0v) is 12.6. The van der Waals surface area contributed by atoms with Gasteiger partial charge >= 0.3 is 0 Å². The highest BCUT2D eigenvalue weighted by molar-refractivity contribution is 5.74. The van der Waals surface area contributed by atoms with Crippen LogP contribution in [0.5, 0.6) is 0 Å². The van der Waals surface area contributed by atoms with Crippen LogP contribution in [0.3, 0.4) is 0 Å². The molecule has 2 heterocycles. The highest BCUT2D eigenvalue weighted by Crippen LogP contribution is 2.69. The first kappa shape index (κ1) is 11.7. The molecule has 1 aliphatic carbocycles. The van der Waals surface area contributed by atoms with Crippen molar-refractivity contribution in [3.05, 3.63) is 59.7 Å². The van der Waals surface area contributed by atoms with Gasteiger partial charge in [0.15, 0.2) is 0 Å². The van der Waals surface area contributed by atoms with E-state index in [0.29, 0.717) is 5.92 Å². The normalized spacial score (nSPS) is 35.0. The number of rotatable bonds is 0. The van der Waals surface area contributed by atoms with Crippen LogP contribution in [0.1, 0.15) is 24.5 Å². The van der Waals surface area contributed by atoms with E-state index in [1.165, 1.54) is 28.9 Å². The summed E-state index contributed by atoms with van der Waals surface area (Å²) >= 11 is 0. The second-order valence-corrected chi connectivity index (χ2v) is 7.11. The summed E-state index contributed by atoms with van der Waals surface area (Å²) < 4.78 is 0. The van der Waals surface area contributed by atoms with Crippen molar-refractivity contribution >= 4 is 11.4 Å². The average Bonchev–Trinajstić information content (AvgIpc) is 2.69. The third kappa shape index (κ3) is 1.10. The van der Waals surface area contributed by atoms with E-state index in [4.69, 9.17) is 0 Å². The molecule has 0 saturated heterocycles. The van der Waals surface area contributed by atoms with Gasteiger partial charge in [0.05, 0.1) is 5.54 Å². The van der Waals surface area contributed by atoms with E-state index in [-0.39, 0.29) is 11.0 Å². The standard InChI is InChI=1S/C19H20N2/c1-18-11-13-12-21(2)17-10-6-4-8-15(17)19(13,18)20-16-9-5-3-7-14(16)18/h3-10,13,20H,11-12H2,1-2H3/t13-,18-,19+/m1/s1. The van der Waals surface area contributed by atoms with Crippen molar-refractivity contribution in [1.82, 2.24) is 0 Å². The molecule has 1 N–H and O–H groups in total. The molecule has 1 spiro atoms. The number of anilines is 2. The van der Waals surface area contributed by atoms with E-state index >= 15 is 0 Å². The summed E-state index contributed by atoms with van der Waals surface area (Å²) in [5.74, 6) is 0.690. The fourth-order valence-corrected chi connectivity index (χ4v) is 5.33. The minimum Gasteiger partial charge on any atom is -0.374 e. The number of nitrogens with zero attached hydrogens (tertiary/aromatic N) is 1. The minimum absolute atomic E-state index is 0.0970. The lowest BCUT2D eigenvalue weighted by molar-refractivity contribution is 0.0351. The van der Waals surface area contributed by atoms with Crippen LogP contribution in [-0.4, -0.2) is 13.6 Å². The summed E-state index contributed by atoms with van der Waals surface area (Å²) in [7, 11) is 2.23. The number of nitrogens with one attached hydrogen (secondary N) is 1. The van der Waals surface area contributed by atoms with Gasteiger partial charge in [-0.1, -0.05) is 43.3 Å². The largest absolute Gasteiger partial charge is 0.374 e. The fourth-order valence-electron chi connectivity index (χ4n) is 5.33. The summed E-state index contributed by atoms with van der Waals surface area (Å²) in [5, 5.41) is 3.94. The van der Waals surface area contributed by atoms with Gasteiger partial charge in [0.2, 0.25) is 0 Å². The Balaban J connectivity index is 1.79. The second kappa shape index (κ2) is 3.44. The van der Waals surface area contributed by atoms with Crippen molar-refractivity contribution in [1.29, 1.82) is 0 Å². The van der Waals surface area contributed by atoms with Crippen LogP contribution in [0.25, 0.3) is 0 Å². The van der Waals surface area contributed by atoms with Crippen molar-refractivity contribution in [3.63, 3.8) is 0 Å². The van der Waals surface area contributed by atoms with Gasteiger partial charge in [0.1, 0.15) is 0 Å². The Morgan fingerprint density at radius 1 is 1.05 bits per heavy atom. The smallest absolute Gasteiger partial charge is 0.0785 e. The van der Waals surface area contributed by atoms with Gasteiger partial charge in [0, 0.05) is 41.9 Å². The Morgan fingerprint density at radius 2 is 1.76 bits per heavy atom. The Labute approximate surface area is 125 Å². The number of fused-ring (bicyclic) bond motifs is 3. The molecule has 2 aromatic carbocycles. The number of benzene rings is 2. The van der Waals surface area contributed by atoms with Gasteiger partial charge in [-0.05, 0) is 24.1 Å². The lowest BCUT2D eigenvalue weighted by Crippen LogP contribution is -2.68. The molecule has 5 rings (SSSR count). The van der Waals surface area contributed by atoms with E-state index in [9.17, 15) is 0 Å². The maximum atomic E-state index is 3.94. The molecule has 0 unspecified atom stereocenters. The Hall–Kier alpha value is -1.96. The lowest BCUT2D eigenvalue weighted by atomic mass is 9.45. The maximum Gasteiger partial charge on any atom is 0.0785 e. The first-order chi connectivity index (χ1) is 10.2. The summed E-state index contributed by atoms with van der Waals surface area (Å²) in [6.45, 7) is 3.60. The van der Waals surface area contributed by atoms with Gasteiger partial charge in [0.25, 0.3) is 0 Å². The molecular formula is C19H20N2. The zero-order chi connectivity index (χ0) is 14.2. The topological polar surface area (TPSA) is 15.3 Å². The van der Waals surface area contributed by atoms with Gasteiger partial charge in [-0.15, -0.1) is 0 Å². The zero-order valence-electron chi connectivity index (χ0n) is 12.6. The van der Waals surface area contributed by atoms with Gasteiger partial charge < -0.3 is 10.2 Å². The Morgan fingerprint density at radius 3 is 2.62 bits per heavy atom. The number of hydrogen-bond donors (Lipinski definition) is 1. The molecule has 0 bridgehead atoms. The summed E-state index contributed by atoms with van der Waals surface area (Å²) in [4.78, 5) is 2.43. The number of para-hydroxylation sites is 2. The van der Waals surface area contributed by atoms with Crippen LogP contribution in [0.15, 0.2) is 48.5 Å². The van der Waals surface area contributed by atoms with Crippen molar-refractivity contribution in [2.75, 3.05) is 23.8 Å². The predicted molar refractivity (Wildman–Crippen MR) is 86.9 cm³/mol. The van der Waals surface area contributed by atoms with Crippen LogP contribution < -0.4 is 10.2 Å². The average molecular weight is 276 g/mol. The second-order valence-electron chi connectivity index (χ2n) is 7.11. The van der Waals surface area contributed by atoms with Gasteiger partial charge in [-0.3, -0.25) is 0 Å². The van der Waals surface area contributed by atoms with Crippen molar-refractivity contribution < 1.29 is 0 Å². The van der Waals surface area contributed by atoms with Crippen LogP contribution in [-0.2, 0) is 11.0 Å². The molecule has 2 nitrogen and oxygen atoms in total. The van der Waals surface area contributed by atoms with Gasteiger partial charge in [-0.25, -0.2) is 0 Å². The van der Waals surface area contributed by atoms with Gasteiger partial charge in [-0.2, -0.15) is 0 Å². The lowest BCUT2D eigenvalue weighted by Gasteiger charge is -2.64. The molecule has 21 heavy (non-hydrogen) atoms. The van der Waals surface area contributed by atoms with E-state index < -0.39 is 0 Å². The van der Waals surface area contributed by atoms with Crippen LogP contribution in [0.2, 0.25) is 0 Å². The van der Waals surface area contributed by atoms with Crippen molar-refractivity contribution in [3.8, 4) is 0 Å². The number of hydrogen-bond acceptors (Lipinski definition) is 2. The van der Waals surface area contributed by atoms with Crippen molar-refractivity contribution in [2.45, 2.75) is 24.3 Å². The maximum absolute atomic E-state index is 3.94. The molecule has 0 amide bonds. The monoisotopic (exact) mass is 276 g/mol. The SMILES string of the molecule is CN1C[C@H]2C[C@]3(C)c4ccccc4N[C@]23c2ccccc21. The molecule has 2 heteroatoms. The Bertz CT molecular complexity index is 753. The molecule has 1 saturated carbocycles. The third-order valence-electron chi connectivity index (χ3n) is 6.23. The van der Waals surface area contributed by atoms with E-state index in [2.05, 4.69) is 72.7 Å². The van der Waals surface area contributed by atoms with E-state index in [1.54, 1.807) is 0 Å². The summed E-state index contributed by atoms with van der Waals surface area (Å²) in [5.41, 5.74) is 6.03. The van der Waals surface area contributed by atoms with E-state index in [0.717, 1.165) is 6.54 Å². The molecule has 2 aromatic rings. The third-order valence-corrected chi connectivity index (χ3v) is 6.23. The molecule has 3 atom stereocenters. The van der Waals surface area contributed by atoms with Crippen molar-refractivity contribution in [2.24, 2.45) is 5.92 Å². The minimum atomic E-state index is 0.0970. The quantitative estimate of drug-likeness (QED) is 0.788. The van der Waals surface area contributed by atoms with Crippen LogP contribution >= 0.6 is 0 Å². The molecular weight excluding hydrogens is 256 g/mol. The predicted octanol–water partition coefficient (Wildman–Crippen LogP) is 3.74. The first-order valence-electron chi connectivity index (χ1n) is 7.85. The molecule has 106 valence electrons. The Kier molecular flexibility index (Phi) is 1.91.